The summed E-state index contributed by atoms with van der Waals surface area (Å²) in [6.45, 7) is -1.56. The highest BCUT2D eigenvalue weighted by Gasteiger charge is 2.29. The zero-order chi connectivity index (χ0) is 20.5. The van der Waals surface area contributed by atoms with Crippen LogP contribution in [0.5, 0.6) is 0 Å². The number of hydrogen-bond acceptors (Lipinski definition) is 5. The van der Waals surface area contributed by atoms with E-state index in [1.165, 1.54) is 12.3 Å². The average Bonchev–Trinajstić information content (AvgIpc) is 2.65. The van der Waals surface area contributed by atoms with Crippen molar-refractivity contribution in [2.45, 2.75) is 6.18 Å². The van der Waals surface area contributed by atoms with Crippen molar-refractivity contribution in [3.8, 4) is 5.69 Å². The number of fused-ring (bicyclic) bond motifs is 1. The Morgan fingerprint density at radius 1 is 1.18 bits per heavy atom. The largest absolute Gasteiger partial charge is 0.405 e. The van der Waals surface area contributed by atoms with Crippen LogP contribution >= 0.6 is 0 Å². The Labute approximate surface area is 157 Å². The molecule has 0 spiro atoms. The quantitative estimate of drug-likeness (QED) is 0.737. The molecule has 0 fully saturated rings. The highest BCUT2D eigenvalue weighted by molar-refractivity contribution is 5.93. The summed E-state index contributed by atoms with van der Waals surface area (Å²) in [5.41, 5.74) is 0.191. The van der Waals surface area contributed by atoms with Gasteiger partial charge in [0.25, 0.3) is 11.5 Å². The number of nitrogens with zero attached hydrogens (tertiary/aromatic N) is 4. The van der Waals surface area contributed by atoms with Gasteiger partial charge in [0.1, 0.15) is 12.1 Å². The van der Waals surface area contributed by atoms with Crippen LogP contribution in [-0.2, 0) is 0 Å². The van der Waals surface area contributed by atoms with Gasteiger partial charge in [-0.1, -0.05) is 0 Å². The fourth-order valence-electron chi connectivity index (χ4n) is 2.57. The van der Waals surface area contributed by atoms with Crippen molar-refractivity contribution in [3.05, 3.63) is 58.6 Å². The number of hydrogen-bond donors (Lipinski definition) is 1. The first-order chi connectivity index (χ1) is 13.2. The van der Waals surface area contributed by atoms with Gasteiger partial charge >= 0.3 is 6.18 Å². The minimum absolute atomic E-state index is 0.192. The second-order valence-electron chi connectivity index (χ2n) is 6.16. The van der Waals surface area contributed by atoms with Crippen LogP contribution in [0.1, 0.15) is 10.5 Å². The number of rotatable bonds is 4. The van der Waals surface area contributed by atoms with E-state index < -0.39 is 29.9 Å². The van der Waals surface area contributed by atoms with Crippen LogP contribution in [0.25, 0.3) is 16.9 Å². The van der Waals surface area contributed by atoms with E-state index >= 15 is 0 Å². The summed E-state index contributed by atoms with van der Waals surface area (Å²) in [6, 6.07) is 9.91. The van der Waals surface area contributed by atoms with Gasteiger partial charge in [0, 0.05) is 26.0 Å². The molecule has 10 heteroatoms. The van der Waals surface area contributed by atoms with Gasteiger partial charge in [0.15, 0.2) is 11.3 Å². The highest BCUT2D eigenvalue weighted by atomic mass is 19.4. The summed E-state index contributed by atoms with van der Waals surface area (Å²) in [6.07, 6.45) is -3.15. The molecule has 0 aliphatic carbocycles. The minimum Gasteiger partial charge on any atom is -0.378 e. The van der Waals surface area contributed by atoms with Crippen molar-refractivity contribution in [1.29, 1.82) is 0 Å². The lowest BCUT2D eigenvalue weighted by atomic mass is 10.2. The zero-order valence-electron chi connectivity index (χ0n) is 15.0. The Balaban J connectivity index is 2.14. The SMILES string of the molecule is CN(C)c1ccc(-n2c(=O)c(C(=O)NCC(F)(F)F)nc3cccnc32)cc1. The summed E-state index contributed by atoms with van der Waals surface area (Å²) in [7, 11) is 3.71. The van der Waals surface area contributed by atoms with Crippen molar-refractivity contribution < 1.29 is 18.0 Å². The number of pyridine rings is 1. The van der Waals surface area contributed by atoms with Gasteiger partial charge in [0.2, 0.25) is 0 Å². The first-order valence-corrected chi connectivity index (χ1v) is 8.18. The maximum absolute atomic E-state index is 12.9. The first kappa shape index (κ1) is 19.3. The molecule has 3 aromatic rings. The van der Waals surface area contributed by atoms with E-state index in [1.807, 2.05) is 19.0 Å². The van der Waals surface area contributed by atoms with Crippen LogP contribution < -0.4 is 15.8 Å². The molecule has 0 aliphatic heterocycles. The van der Waals surface area contributed by atoms with E-state index in [4.69, 9.17) is 0 Å². The van der Waals surface area contributed by atoms with Crippen molar-refractivity contribution in [1.82, 2.24) is 19.9 Å². The third kappa shape index (κ3) is 3.95. The standard InChI is InChI=1S/C18H16F3N5O2/c1-25(2)11-5-7-12(8-6-11)26-15-13(4-3-9-22-15)24-14(17(26)28)16(27)23-10-18(19,20)21/h3-9H,10H2,1-2H3,(H,23,27). The molecule has 28 heavy (non-hydrogen) atoms. The summed E-state index contributed by atoms with van der Waals surface area (Å²) in [5, 5.41) is 1.68. The second kappa shape index (κ2) is 7.29. The Hall–Kier alpha value is -3.43. The van der Waals surface area contributed by atoms with Crippen LogP contribution in [-0.4, -0.2) is 47.3 Å². The summed E-state index contributed by atoms with van der Waals surface area (Å²) in [4.78, 5) is 35.0. The number of nitrogens with one attached hydrogen (secondary N) is 1. The van der Waals surface area contributed by atoms with Crippen molar-refractivity contribution >= 4 is 22.8 Å². The molecule has 0 bridgehead atoms. The van der Waals surface area contributed by atoms with Gasteiger partial charge in [-0.25, -0.2) is 9.97 Å². The number of aromatic nitrogens is 3. The van der Waals surface area contributed by atoms with Crippen molar-refractivity contribution in [3.63, 3.8) is 0 Å². The summed E-state index contributed by atoms with van der Waals surface area (Å²) in [5.74, 6) is -1.20. The number of halogens is 3. The fourth-order valence-corrected chi connectivity index (χ4v) is 2.57. The maximum atomic E-state index is 12.9. The lowest BCUT2D eigenvalue weighted by Crippen LogP contribution is -2.38. The highest BCUT2D eigenvalue weighted by Crippen LogP contribution is 2.18. The van der Waals surface area contributed by atoms with E-state index in [2.05, 4.69) is 9.97 Å². The molecule has 0 radical (unpaired) electrons. The molecule has 0 saturated carbocycles. The Morgan fingerprint density at radius 2 is 1.86 bits per heavy atom. The summed E-state index contributed by atoms with van der Waals surface area (Å²) < 4.78 is 38.4. The first-order valence-electron chi connectivity index (χ1n) is 8.18. The molecule has 2 aromatic heterocycles. The Kier molecular flexibility index (Phi) is 5.04. The molecule has 1 amide bonds. The molecular weight excluding hydrogens is 375 g/mol. The number of carbonyl (C=O) groups is 1. The second-order valence-corrected chi connectivity index (χ2v) is 6.16. The third-order valence-corrected chi connectivity index (χ3v) is 3.90. The van der Waals surface area contributed by atoms with E-state index in [1.54, 1.807) is 35.6 Å². The summed E-state index contributed by atoms with van der Waals surface area (Å²) >= 11 is 0. The van der Waals surface area contributed by atoms with Gasteiger partial charge in [-0.2, -0.15) is 13.2 Å². The molecule has 0 unspecified atom stereocenters. The van der Waals surface area contributed by atoms with Gasteiger partial charge < -0.3 is 10.2 Å². The van der Waals surface area contributed by atoms with E-state index in [9.17, 15) is 22.8 Å². The van der Waals surface area contributed by atoms with Crippen LogP contribution in [0.2, 0.25) is 0 Å². The van der Waals surface area contributed by atoms with Crippen molar-refractivity contribution in [2.75, 3.05) is 25.5 Å². The number of carbonyl (C=O) groups excluding carboxylic acids is 1. The molecule has 7 nitrogen and oxygen atoms in total. The maximum Gasteiger partial charge on any atom is 0.405 e. The van der Waals surface area contributed by atoms with E-state index in [0.717, 1.165) is 10.3 Å². The Bertz CT molecular complexity index is 1080. The Morgan fingerprint density at radius 3 is 2.46 bits per heavy atom. The van der Waals surface area contributed by atoms with Gasteiger partial charge in [-0.15, -0.1) is 0 Å². The third-order valence-electron chi connectivity index (χ3n) is 3.90. The molecule has 0 atom stereocenters. The lowest BCUT2D eigenvalue weighted by molar-refractivity contribution is -0.123. The minimum atomic E-state index is -4.60. The van der Waals surface area contributed by atoms with Gasteiger partial charge in [0.05, 0.1) is 5.69 Å². The number of alkyl halides is 3. The smallest absolute Gasteiger partial charge is 0.378 e. The monoisotopic (exact) mass is 391 g/mol. The molecule has 1 N–H and O–H groups in total. The zero-order valence-corrected chi connectivity index (χ0v) is 15.0. The normalized spacial score (nSPS) is 11.5. The molecule has 2 heterocycles. The predicted molar refractivity (Wildman–Crippen MR) is 97.9 cm³/mol. The molecule has 1 aromatic carbocycles. The molecule has 0 aliphatic rings. The van der Waals surface area contributed by atoms with Crippen LogP contribution in [0, 0.1) is 0 Å². The van der Waals surface area contributed by atoms with E-state index in [0.29, 0.717) is 5.69 Å². The van der Waals surface area contributed by atoms with Gasteiger partial charge in [-0.05, 0) is 36.4 Å². The molecule has 146 valence electrons. The predicted octanol–water partition coefficient (Wildman–Crippen LogP) is 2.14. The topological polar surface area (TPSA) is 80.1 Å². The lowest BCUT2D eigenvalue weighted by Gasteiger charge is -2.15. The average molecular weight is 391 g/mol. The molecule has 3 rings (SSSR count). The van der Waals surface area contributed by atoms with Crippen LogP contribution in [0.3, 0.4) is 0 Å². The fraction of sp³-hybridized carbons (Fsp3) is 0.222. The number of amides is 1. The van der Waals surface area contributed by atoms with Crippen LogP contribution in [0.4, 0.5) is 18.9 Å². The molecular formula is C18H16F3N5O2. The van der Waals surface area contributed by atoms with E-state index in [-0.39, 0.29) is 11.2 Å². The number of anilines is 1. The van der Waals surface area contributed by atoms with Gasteiger partial charge in [-0.3, -0.25) is 14.2 Å². The van der Waals surface area contributed by atoms with Crippen molar-refractivity contribution in [2.24, 2.45) is 0 Å². The number of benzene rings is 1. The van der Waals surface area contributed by atoms with Crippen LogP contribution in [0.15, 0.2) is 47.4 Å². The molecule has 0 saturated heterocycles.